The molecule has 0 spiro atoms. The van der Waals surface area contributed by atoms with Crippen molar-refractivity contribution in [2.24, 2.45) is 0 Å². The Bertz CT molecular complexity index is 1130. The monoisotopic (exact) mass is 480 g/mol. The fourth-order valence-corrected chi connectivity index (χ4v) is 4.20. The summed E-state index contributed by atoms with van der Waals surface area (Å²) in [4.78, 5) is 27.7. The second-order valence-corrected chi connectivity index (χ2v) is 8.59. The van der Waals surface area contributed by atoms with E-state index in [2.05, 4.69) is 21.2 Å². The SMILES string of the molecule is Cc1ccc(C(=O)N2CCCC2c2ccc(Br)cc2)cc1NC(=O)c1ccccc1F. The minimum Gasteiger partial charge on any atom is -0.332 e. The van der Waals surface area contributed by atoms with Gasteiger partial charge in [-0.2, -0.15) is 0 Å². The molecular formula is C25H22BrFN2O2. The third-order valence-electron chi connectivity index (χ3n) is 5.62. The lowest BCUT2D eigenvalue weighted by Gasteiger charge is -2.25. The quantitative estimate of drug-likeness (QED) is 0.488. The topological polar surface area (TPSA) is 49.4 Å². The minimum absolute atomic E-state index is 0.0263. The van der Waals surface area contributed by atoms with Gasteiger partial charge in [0.05, 0.1) is 11.6 Å². The van der Waals surface area contributed by atoms with Crippen molar-refractivity contribution in [1.29, 1.82) is 0 Å². The van der Waals surface area contributed by atoms with Crippen LogP contribution < -0.4 is 5.32 Å². The zero-order valence-electron chi connectivity index (χ0n) is 17.1. The first kappa shape index (κ1) is 21.2. The summed E-state index contributed by atoms with van der Waals surface area (Å²) in [5.41, 5.74) is 2.87. The Morgan fingerprint density at radius 3 is 2.55 bits per heavy atom. The molecule has 1 saturated heterocycles. The molecule has 0 aliphatic carbocycles. The number of halogens is 2. The smallest absolute Gasteiger partial charge is 0.258 e. The van der Waals surface area contributed by atoms with Crippen molar-refractivity contribution >= 4 is 33.4 Å². The molecule has 0 bridgehead atoms. The fraction of sp³-hybridized carbons (Fsp3) is 0.200. The number of rotatable bonds is 4. The lowest BCUT2D eigenvalue weighted by molar-refractivity contribution is 0.0735. The first-order chi connectivity index (χ1) is 14.9. The maximum absolute atomic E-state index is 14.0. The van der Waals surface area contributed by atoms with E-state index in [1.54, 1.807) is 24.3 Å². The number of benzene rings is 3. The van der Waals surface area contributed by atoms with E-state index in [1.807, 2.05) is 36.1 Å². The number of carbonyl (C=O) groups excluding carboxylic acids is 2. The predicted octanol–water partition coefficient (Wildman–Crippen LogP) is 6.13. The van der Waals surface area contributed by atoms with E-state index in [0.29, 0.717) is 17.8 Å². The van der Waals surface area contributed by atoms with Crippen LogP contribution in [0.2, 0.25) is 0 Å². The van der Waals surface area contributed by atoms with Gasteiger partial charge in [-0.3, -0.25) is 9.59 Å². The summed E-state index contributed by atoms with van der Waals surface area (Å²) in [6.45, 7) is 2.52. The fourth-order valence-electron chi connectivity index (χ4n) is 3.93. The summed E-state index contributed by atoms with van der Waals surface area (Å²) in [7, 11) is 0. The van der Waals surface area contributed by atoms with Gasteiger partial charge >= 0.3 is 0 Å². The molecule has 158 valence electrons. The van der Waals surface area contributed by atoms with Gasteiger partial charge in [0.2, 0.25) is 0 Å². The van der Waals surface area contributed by atoms with Crippen molar-refractivity contribution in [2.75, 3.05) is 11.9 Å². The van der Waals surface area contributed by atoms with E-state index < -0.39 is 11.7 Å². The van der Waals surface area contributed by atoms with Crippen LogP contribution in [0.5, 0.6) is 0 Å². The largest absolute Gasteiger partial charge is 0.332 e. The van der Waals surface area contributed by atoms with Crippen LogP contribution in [0.15, 0.2) is 71.2 Å². The predicted molar refractivity (Wildman–Crippen MR) is 123 cm³/mol. The molecule has 1 aliphatic rings. The summed E-state index contributed by atoms with van der Waals surface area (Å²) in [6.07, 6.45) is 1.85. The van der Waals surface area contributed by atoms with Gasteiger partial charge in [0.15, 0.2) is 0 Å². The lowest BCUT2D eigenvalue weighted by Crippen LogP contribution is -2.30. The third kappa shape index (κ3) is 4.54. The molecule has 1 unspecified atom stereocenters. The van der Waals surface area contributed by atoms with Gasteiger partial charge in [-0.25, -0.2) is 4.39 Å². The van der Waals surface area contributed by atoms with Gasteiger partial charge in [0.25, 0.3) is 11.8 Å². The number of nitrogens with zero attached hydrogens (tertiary/aromatic N) is 1. The number of nitrogens with one attached hydrogen (secondary N) is 1. The van der Waals surface area contributed by atoms with Gasteiger partial charge in [-0.05, 0) is 67.3 Å². The molecule has 1 N–H and O–H groups in total. The average Bonchev–Trinajstić information content (AvgIpc) is 3.25. The number of aryl methyl sites for hydroxylation is 1. The summed E-state index contributed by atoms with van der Waals surface area (Å²) in [5.74, 6) is -1.20. The zero-order valence-corrected chi connectivity index (χ0v) is 18.7. The normalized spacial score (nSPS) is 15.7. The van der Waals surface area contributed by atoms with Crippen molar-refractivity contribution in [3.8, 4) is 0 Å². The van der Waals surface area contributed by atoms with Crippen LogP contribution in [-0.4, -0.2) is 23.3 Å². The molecular weight excluding hydrogens is 459 g/mol. The molecule has 4 rings (SSSR count). The summed E-state index contributed by atoms with van der Waals surface area (Å²) >= 11 is 3.45. The van der Waals surface area contributed by atoms with Crippen LogP contribution in [0.1, 0.15) is 50.7 Å². The first-order valence-electron chi connectivity index (χ1n) is 10.2. The van der Waals surface area contributed by atoms with E-state index >= 15 is 0 Å². The molecule has 4 nitrogen and oxygen atoms in total. The van der Waals surface area contributed by atoms with E-state index in [0.717, 1.165) is 28.4 Å². The summed E-state index contributed by atoms with van der Waals surface area (Å²) in [6, 6.07) is 19.1. The second kappa shape index (κ2) is 9.02. The second-order valence-electron chi connectivity index (χ2n) is 7.67. The molecule has 0 aromatic heterocycles. The van der Waals surface area contributed by atoms with Gasteiger partial charge in [-0.1, -0.05) is 46.3 Å². The molecule has 3 aromatic rings. The highest BCUT2D eigenvalue weighted by Crippen LogP contribution is 2.34. The van der Waals surface area contributed by atoms with Crippen LogP contribution in [0.3, 0.4) is 0 Å². The zero-order chi connectivity index (χ0) is 22.0. The van der Waals surface area contributed by atoms with Crippen molar-refractivity contribution < 1.29 is 14.0 Å². The van der Waals surface area contributed by atoms with E-state index in [-0.39, 0.29) is 17.5 Å². The molecule has 31 heavy (non-hydrogen) atoms. The Labute approximate surface area is 189 Å². The van der Waals surface area contributed by atoms with E-state index in [4.69, 9.17) is 0 Å². The molecule has 3 aromatic carbocycles. The van der Waals surface area contributed by atoms with Crippen LogP contribution in [0.4, 0.5) is 10.1 Å². The standard InChI is InChI=1S/C25H22BrFN2O2/c1-16-8-9-18(15-22(16)28-24(30)20-5-2-3-6-21(20)27)25(31)29-14-4-7-23(29)17-10-12-19(26)13-11-17/h2-3,5-6,8-13,15,23H,4,7,14H2,1H3,(H,28,30). The number of carbonyl (C=O) groups is 2. The van der Waals surface area contributed by atoms with Crippen LogP contribution in [0.25, 0.3) is 0 Å². The Balaban J connectivity index is 1.57. The highest BCUT2D eigenvalue weighted by molar-refractivity contribution is 9.10. The number of anilines is 1. The summed E-state index contributed by atoms with van der Waals surface area (Å²) in [5, 5.41) is 2.75. The van der Waals surface area contributed by atoms with Crippen LogP contribution >= 0.6 is 15.9 Å². The van der Waals surface area contributed by atoms with E-state index in [1.165, 1.54) is 18.2 Å². The summed E-state index contributed by atoms with van der Waals surface area (Å²) < 4.78 is 15.0. The Hall–Kier alpha value is -2.99. The van der Waals surface area contributed by atoms with Crippen molar-refractivity contribution in [3.05, 3.63) is 99.3 Å². The molecule has 1 fully saturated rings. The van der Waals surface area contributed by atoms with Crippen molar-refractivity contribution in [1.82, 2.24) is 4.90 Å². The minimum atomic E-state index is -0.584. The van der Waals surface area contributed by atoms with Crippen molar-refractivity contribution in [3.63, 3.8) is 0 Å². The Morgan fingerprint density at radius 1 is 1.06 bits per heavy atom. The highest BCUT2D eigenvalue weighted by atomic mass is 79.9. The maximum Gasteiger partial charge on any atom is 0.258 e. The average molecular weight is 481 g/mol. The van der Waals surface area contributed by atoms with Gasteiger partial charge in [0.1, 0.15) is 5.82 Å². The molecule has 0 saturated carbocycles. The lowest BCUT2D eigenvalue weighted by atomic mass is 10.0. The Morgan fingerprint density at radius 2 is 1.81 bits per heavy atom. The molecule has 6 heteroatoms. The van der Waals surface area contributed by atoms with Gasteiger partial charge in [-0.15, -0.1) is 0 Å². The number of likely N-dealkylation sites (tertiary alicyclic amines) is 1. The molecule has 0 radical (unpaired) electrons. The van der Waals surface area contributed by atoms with Gasteiger partial charge < -0.3 is 10.2 Å². The maximum atomic E-state index is 14.0. The molecule has 1 atom stereocenters. The number of hydrogen-bond acceptors (Lipinski definition) is 2. The van der Waals surface area contributed by atoms with E-state index in [9.17, 15) is 14.0 Å². The highest BCUT2D eigenvalue weighted by Gasteiger charge is 2.30. The van der Waals surface area contributed by atoms with Gasteiger partial charge in [0, 0.05) is 22.3 Å². The molecule has 1 aliphatic heterocycles. The Kier molecular flexibility index (Phi) is 6.18. The molecule has 2 amide bonds. The number of hydrogen-bond donors (Lipinski definition) is 1. The van der Waals surface area contributed by atoms with Crippen molar-refractivity contribution in [2.45, 2.75) is 25.8 Å². The molecule has 1 heterocycles. The van der Waals surface area contributed by atoms with Crippen LogP contribution in [0, 0.1) is 12.7 Å². The number of amides is 2. The third-order valence-corrected chi connectivity index (χ3v) is 6.15. The van der Waals surface area contributed by atoms with Crippen LogP contribution in [-0.2, 0) is 0 Å². The first-order valence-corrected chi connectivity index (χ1v) is 11.0.